The molecular weight excluding hydrogens is 1340 g/mol. The molecule has 105 heavy (non-hydrogen) atoms. The predicted molar refractivity (Wildman–Crippen MR) is 408 cm³/mol. The number of carbonyl (C=O) groups excluding carboxylic acids is 6. The van der Waals surface area contributed by atoms with Gasteiger partial charge in [0, 0.05) is 76.8 Å². The van der Waals surface area contributed by atoms with Gasteiger partial charge in [0.2, 0.25) is 17.4 Å². The van der Waals surface area contributed by atoms with Crippen LogP contribution in [0.25, 0.3) is 0 Å². The van der Waals surface area contributed by atoms with Crippen LogP contribution < -0.4 is 52.3 Å². The van der Waals surface area contributed by atoms with Crippen molar-refractivity contribution in [2.45, 2.75) is 185 Å². The lowest BCUT2D eigenvalue weighted by atomic mass is 9.78. The average molecular weight is 1470 g/mol. The molecule has 1 aliphatic heterocycles. The number of rotatable bonds is 41. The van der Waals surface area contributed by atoms with Crippen LogP contribution in [0, 0.1) is 58.2 Å². The van der Waals surface area contributed by atoms with E-state index in [-0.39, 0.29) is 90.8 Å². The summed E-state index contributed by atoms with van der Waals surface area (Å²) in [4.78, 5) is 87.1. The number of aromatic nitrogens is 1. The Morgan fingerprint density at radius 1 is 0.581 bits per heavy atom. The molecule has 4 aromatic carbocycles. The standard InChI is InChI=1S/C39H60N2O8.C33H47NO7.C5H12N2O.C5H5NO/c1-26(2)30(21-29-15-16-35(47-8)36(22-29)48-20-12-19-46-7)23-32(41-38(45)49-25-28-13-10-9-11-14-28)34(43)24-31(27(3)4)33(42)17-18-39(5,6)37(40)44;1-22(2)26(17-25-13-14-29(38-6)31(18-25)39-16-10-15-37-5)19-28(30-20-27(23(3)4)32(35)41-30)34-33(36)40-21-24-11-8-7-9-12-24;1-5(2,3-6)4(7)8;7-5-3-1-2-4-6-5/h9-11,13-16,22,26-27,30-32,34,43H,12,17-21,23-25H2,1-8H3,(H2,40,44)(H,41,45);7-9,11-14,18,22-23,26-28,30H,10,15-17,19-21H2,1-6H3,(H,34,36);3,6H2,1-2H3,(H2,7,8);1-4H,(H,6,7)/t30-,31-,32-,34-;26-,27-,28-,30-;;/m00../s1. The second kappa shape index (κ2) is 47.8. The average Bonchev–Trinajstić information content (AvgIpc) is 1.68. The first-order chi connectivity index (χ1) is 49.8. The Kier molecular flexibility index (Phi) is 41.3. The van der Waals surface area contributed by atoms with Gasteiger partial charge in [-0.1, -0.05) is 148 Å². The topological polar surface area (TPSA) is 341 Å². The number of ether oxygens (including phenoxy) is 9. The molecule has 0 radical (unpaired) electrons. The van der Waals surface area contributed by atoms with Gasteiger partial charge in [-0.05, 0) is 147 Å². The molecular formula is C82H124N6O17. The summed E-state index contributed by atoms with van der Waals surface area (Å²) in [6.45, 7) is 26.2. The smallest absolute Gasteiger partial charge is 0.407 e. The number of primary amides is 2. The first-order valence-corrected chi connectivity index (χ1v) is 36.7. The van der Waals surface area contributed by atoms with E-state index in [1.165, 1.54) is 6.07 Å². The van der Waals surface area contributed by atoms with Gasteiger partial charge in [0.25, 0.3) is 0 Å². The van der Waals surface area contributed by atoms with Crippen molar-refractivity contribution < 1.29 is 76.5 Å². The number of amides is 4. The second-order valence-electron chi connectivity index (χ2n) is 29.5. The van der Waals surface area contributed by atoms with E-state index in [0.29, 0.717) is 94.0 Å². The van der Waals surface area contributed by atoms with Gasteiger partial charge in [0.15, 0.2) is 23.0 Å². The number of Topliss-reactive ketones (excluding diaryl/α,β-unsaturated/α-hetero) is 1. The Labute approximate surface area is 623 Å². The molecule has 4 amide bonds. The van der Waals surface area contributed by atoms with Crippen LogP contribution in [0.1, 0.15) is 157 Å². The molecule has 23 nitrogen and oxygen atoms in total. The molecule has 0 spiro atoms. The summed E-state index contributed by atoms with van der Waals surface area (Å²) in [5.74, 6) is 1.85. The van der Waals surface area contributed by atoms with Crippen LogP contribution in [0.3, 0.4) is 0 Å². The number of methoxy groups -OCH3 is 4. The van der Waals surface area contributed by atoms with Crippen LogP contribution in [0.2, 0.25) is 0 Å². The number of benzene rings is 4. The van der Waals surface area contributed by atoms with E-state index in [9.17, 15) is 38.7 Å². The summed E-state index contributed by atoms with van der Waals surface area (Å²) in [6.07, 6.45) is 4.28. The summed E-state index contributed by atoms with van der Waals surface area (Å²) in [5, 5.41) is 17.7. The van der Waals surface area contributed by atoms with E-state index in [1.807, 2.05) is 119 Å². The fourth-order valence-electron chi connectivity index (χ4n) is 11.4. The van der Waals surface area contributed by atoms with Crippen LogP contribution in [-0.2, 0) is 68.9 Å². The van der Waals surface area contributed by atoms with E-state index >= 15 is 0 Å². The highest BCUT2D eigenvalue weighted by Crippen LogP contribution is 2.37. The quantitative estimate of drug-likeness (QED) is 0.0109. The van der Waals surface area contributed by atoms with Crippen molar-refractivity contribution in [3.05, 3.63) is 154 Å². The third-order valence-corrected chi connectivity index (χ3v) is 19.0. The monoisotopic (exact) mass is 1460 g/mol. The van der Waals surface area contributed by atoms with Crippen molar-refractivity contribution >= 4 is 35.8 Å². The highest BCUT2D eigenvalue weighted by Gasteiger charge is 2.42. The number of aromatic amines is 1. The van der Waals surface area contributed by atoms with Gasteiger partial charge in [-0.15, -0.1) is 0 Å². The molecule has 10 N–H and O–H groups in total. The molecule has 0 unspecified atom stereocenters. The summed E-state index contributed by atoms with van der Waals surface area (Å²) in [6, 6.07) is 34.7. The number of H-pyrrole nitrogens is 1. The lowest BCUT2D eigenvalue weighted by Gasteiger charge is -2.32. The van der Waals surface area contributed by atoms with E-state index in [1.54, 1.807) is 74.5 Å². The third kappa shape index (κ3) is 34.1. The van der Waals surface area contributed by atoms with Gasteiger partial charge in [-0.25, -0.2) is 9.59 Å². The maximum Gasteiger partial charge on any atom is 0.407 e. The van der Waals surface area contributed by atoms with Crippen molar-refractivity contribution in [2.75, 3.05) is 61.4 Å². The zero-order chi connectivity index (χ0) is 78.2. The maximum atomic E-state index is 13.5. The summed E-state index contributed by atoms with van der Waals surface area (Å²) >= 11 is 0. The molecule has 5 aromatic rings. The van der Waals surface area contributed by atoms with Crippen LogP contribution in [0.15, 0.2) is 126 Å². The van der Waals surface area contributed by atoms with Crippen molar-refractivity contribution in [1.82, 2.24) is 15.6 Å². The number of ketones is 1. The SMILES string of the molecule is CC(C)(CN)C(N)=O.COCCCOc1cc(C[C@@H](C[C@H](NC(=O)OCc2ccccc2)[C@@H](O)C[C@H](C(=O)CCC(C)(C)C(N)=O)C(C)C)C(C)C)ccc1OC.COCCCOc1cc(C[C@@H](C[C@H](NC(=O)OCc2ccccc2)[C@@H]2C[C@@H](C(C)C)C(=O)O2)C(C)C)ccc1OC.O=c1cccc[nH]1. The number of aliphatic hydroxyl groups excluding tert-OH is 1. The minimum absolute atomic E-state index is 0.0366. The van der Waals surface area contributed by atoms with Gasteiger partial charge in [0.1, 0.15) is 25.1 Å². The Morgan fingerprint density at radius 3 is 1.44 bits per heavy atom. The maximum absolute atomic E-state index is 13.5. The number of cyclic esters (lactones) is 1. The molecule has 8 atom stereocenters. The first-order valence-electron chi connectivity index (χ1n) is 36.7. The van der Waals surface area contributed by atoms with Gasteiger partial charge in [-0.2, -0.15) is 0 Å². The third-order valence-electron chi connectivity index (χ3n) is 19.0. The Balaban J connectivity index is 0.000000457. The van der Waals surface area contributed by atoms with Crippen LogP contribution in [0.5, 0.6) is 23.0 Å². The largest absolute Gasteiger partial charge is 0.493 e. The number of nitrogens with two attached hydrogens (primary N) is 3. The summed E-state index contributed by atoms with van der Waals surface area (Å²) in [5.41, 5.74) is 18.2. The molecule has 1 fully saturated rings. The first kappa shape index (κ1) is 90.7. The number of aliphatic hydroxyl groups is 1. The fraction of sp³-hybridized carbons (Fsp3) is 0.573. The number of nitrogens with one attached hydrogen (secondary N) is 3. The molecule has 0 bridgehead atoms. The molecule has 1 aromatic heterocycles. The Morgan fingerprint density at radius 2 is 1.06 bits per heavy atom. The second-order valence-corrected chi connectivity index (χ2v) is 29.5. The minimum atomic E-state index is -1.03. The van der Waals surface area contributed by atoms with Crippen LogP contribution >= 0.6 is 0 Å². The number of esters is 1. The Bertz CT molecular complexity index is 3380. The van der Waals surface area contributed by atoms with Gasteiger partial charge < -0.3 is 80.6 Å². The van der Waals surface area contributed by atoms with Crippen LogP contribution in [-0.4, -0.2) is 132 Å². The van der Waals surface area contributed by atoms with Crippen molar-refractivity contribution in [1.29, 1.82) is 0 Å². The van der Waals surface area contributed by atoms with Crippen molar-refractivity contribution in [2.24, 2.45) is 75.4 Å². The van der Waals surface area contributed by atoms with Crippen molar-refractivity contribution in [3.8, 4) is 23.0 Å². The van der Waals surface area contributed by atoms with Gasteiger partial charge in [0.05, 0.1) is 57.0 Å². The van der Waals surface area contributed by atoms with Crippen LogP contribution in [0.4, 0.5) is 9.59 Å². The number of carbonyl (C=O) groups is 6. The molecule has 2 heterocycles. The van der Waals surface area contributed by atoms with E-state index in [0.717, 1.165) is 41.5 Å². The molecule has 584 valence electrons. The van der Waals surface area contributed by atoms with Crippen molar-refractivity contribution in [3.63, 3.8) is 0 Å². The molecule has 0 aliphatic carbocycles. The lowest BCUT2D eigenvalue weighted by molar-refractivity contribution is -0.146. The normalized spacial score (nSPS) is 15.2. The minimum Gasteiger partial charge on any atom is -0.493 e. The zero-order valence-electron chi connectivity index (χ0n) is 65.2. The van der Waals surface area contributed by atoms with E-state index < -0.39 is 53.1 Å². The number of hydrogen-bond acceptors (Lipinski definition) is 18. The summed E-state index contributed by atoms with van der Waals surface area (Å²) in [7, 11) is 6.57. The molecule has 1 aliphatic rings. The number of pyridine rings is 1. The van der Waals surface area contributed by atoms with E-state index in [2.05, 4.69) is 49.4 Å². The highest BCUT2D eigenvalue weighted by atomic mass is 16.6. The van der Waals surface area contributed by atoms with E-state index in [4.69, 9.17) is 59.8 Å². The number of alkyl carbamates (subject to hydrolysis) is 2. The summed E-state index contributed by atoms with van der Waals surface area (Å²) < 4.78 is 50.3. The highest BCUT2D eigenvalue weighted by molar-refractivity contribution is 5.84. The van der Waals surface area contributed by atoms with Gasteiger partial charge in [-0.3, -0.25) is 24.0 Å². The molecule has 0 saturated carbocycles. The molecule has 6 rings (SSSR count). The zero-order valence-corrected chi connectivity index (χ0v) is 65.2. The Hall–Kier alpha value is -8.51. The lowest BCUT2D eigenvalue weighted by Crippen LogP contribution is -2.47. The molecule has 23 heteroatoms. The molecule has 1 saturated heterocycles. The van der Waals surface area contributed by atoms with Gasteiger partial charge >= 0.3 is 18.2 Å². The number of hydrogen-bond donors (Lipinski definition) is 7. The fourth-order valence-corrected chi connectivity index (χ4v) is 11.4. The predicted octanol–water partition coefficient (Wildman–Crippen LogP) is 12.5.